The van der Waals surface area contributed by atoms with Crippen molar-refractivity contribution in [1.82, 2.24) is 5.32 Å². The van der Waals surface area contributed by atoms with Gasteiger partial charge in [0.05, 0.1) is 7.11 Å². The number of carbonyl (C=O) groups is 2. The van der Waals surface area contributed by atoms with E-state index in [1.165, 1.54) is 25.3 Å². The quantitative estimate of drug-likeness (QED) is 0.653. The number of rotatable bonds is 5. The highest BCUT2D eigenvalue weighted by Gasteiger charge is 2.17. The van der Waals surface area contributed by atoms with Crippen LogP contribution in [0.5, 0.6) is 0 Å². The maximum atomic E-state index is 12.7. The predicted molar refractivity (Wildman–Crippen MR) is 69.7 cm³/mol. The molecule has 0 saturated heterocycles. The lowest BCUT2D eigenvalue weighted by Crippen LogP contribution is -2.40. The van der Waals surface area contributed by atoms with E-state index in [1.807, 2.05) is 0 Å². The third kappa shape index (κ3) is 4.91. The first-order valence-electron chi connectivity index (χ1n) is 5.88. The van der Waals surface area contributed by atoms with Gasteiger partial charge in [0.2, 0.25) is 5.91 Å². The van der Waals surface area contributed by atoms with Crippen LogP contribution in [0.25, 0.3) is 6.08 Å². The lowest BCUT2D eigenvalue weighted by Gasteiger charge is -2.12. The van der Waals surface area contributed by atoms with E-state index in [1.54, 1.807) is 25.1 Å². The lowest BCUT2D eigenvalue weighted by molar-refractivity contribution is -0.144. The molecule has 1 aromatic rings. The number of carbonyl (C=O) groups excluding carboxylic acids is 2. The molecule has 0 spiro atoms. The summed E-state index contributed by atoms with van der Waals surface area (Å²) >= 11 is 0. The van der Waals surface area contributed by atoms with Crippen LogP contribution in [0.3, 0.4) is 0 Å². The number of nitrogens with one attached hydrogen (secondary N) is 1. The second kappa shape index (κ2) is 7.31. The van der Waals surface area contributed by atoms with Crippen molar-refractivity contribution in [2.75, 3.05) is 7.11 Å². The summed E-state index contributed by atoms with van der Waals surface area (Å²) in [6.45, 7) is 1.77. The Kier molecular flexibility index (Phi) is 5.73. The first-order chi connectivity index (χ1) is 9.06. The second-order valence-corrected chi connectivity index (χ2v) is 3.88. The zero-order valence-electron chi connectivity index (χ0n) is 10.9. The largest absolute Gasteiger partial charge is 0.467 e. The molecule has 1 aromatic carbocycles. The SMILES string of the molecule is CCC(NC(=O)/C=C/c1ccc(F)cc1)C(=O)OC. The van der Waals surface area contributed by atoms with Crippen molar-refractivity contribution in [3.05, 3.63) is 41.7 Å². The van der Waals surface area contributed by atoms with E-state index in [-0.39, 0.29) is 5.82 Å². The fourth-order valence-electron chi connectivity index (χ4n) is 1.44. The van der Waals surface area contributed by atoms with Crippen LogP contribution in [-0.2, 0) is 14.3 Å². The summed E-state index contributed by atoms with van der Waals surface area (Å²) in [5.74, 6) is -1.22. The minimum atomic E-state index is -0.657. The van der Waals surface area contributed by atoms with Gasteiger partial charge in [-0.3, -0.25) is 4.79 Å². The molecular weight excluding hydrogens is 249 g/mol. The summed E-state index contributed by atoms with van der Waals surface area (Å²) in [7, 11) is 1.27. The molecule has 1 amide bonds. The molecule has 0 aromatic heterocycles. The highest BCUT2D eigenvalue weighted by molar-refractivity contribution is 5.94. The molecule has 1 unspecified atom stereocenters. The van der Waals surface area contributed by atoms with Crippen LogP contribution < -0.4 is 5.32 Å². The van der Waals surface area contributed by atoms with Crippen molar-refractivity contribution in [2.45, 2.75) is 19.4 Å². The maximum absolute atomic E-state index is 12.7. The second-order valence-electron chi connectivity index (χ2n) is 3.88. The van der Waals surface area contributed by atoms with Gasteiger partial charge in [-0.05, 0) is 30.2 Å². The first kappa shape index (κ1) is 14.9. The fourth-order valence-corrected chi connectivity index (χ4v) is 1.44. The molecule has 1 N–H and O–H groups in total. The molecule has 0 radical (unpaired) electrons. The predicted octanol–water partition coefficient (Wildman–Crippen LogP) is 1.91. The van der Waals surface area contributed by atoms with Crippen LogP contribution in [-0.4, -0.2) is 25.0 Å². The summed E-state index contributed by atoms with van der Waals surface area (Å²) < 4.78 is 17.2. The van der Waals surface area contributed by atoms with Crippen molar-refractivity contribution < 1.29 is 18.7 Å². The van der Waals surface area contributed by atoms with E-state index in [2.05, 4.69) is 10.1 Å². The maximum Gasteiger partial charge on any atom is 0.328 e. The summed E-state index contributed by atoms with van der Waals surface area (Å²) in [6.07, 6.45) is 3.28. The Morgan fingerprint density at radius 2 is 2.00 bits per heavy atom. The molecule has 5 heteroatoms. The number of halogens is 1. The van der Waals surface area contributed by atoms with Gasteiger partial charge in [-0.25, -0.2) is 9.18 Å². The number of benzene rings is 1. The molecule has 1 atom stereocenters. The van der Waals surface area contributed by atoms with Gasteiger partial charge in [-0.15, -0.1) is 0 Å². The van der Waals surface area contributed by atoms with Gasteiger partial charge in [0.15, 0.2) is 0 Å². The normalized spacial score (nSPS) is 12.2. The van der Waals surface area contributed by atoms with E-state index < -0.39 is 17.9 Å². The summed E-state index contributed by atoms with van der Waals surface area (Å²) in [5.41, 5.74) is 0.697. The molecule has 0 fully saturated rings. The van der Waals surface area contributed by atoms with Gasteiger partial charge in [0.25, 0.3) is 0 Å². The van der Waals surface area contributed by atoms with Crippen molar-refractivity contribution in [2.24, 2.45) is 0 Å². The minimum absolute atomic E-state index is 0.335. The van der Waals surface area contributed by atoms with Crippen molar-refractivity contribution in [1.29, 1.82) is 0 Å². The van der Waals surface area contributed by atoms with Gasteiger partial charge in [0.1, 0.15) is 11.9 Å². The minimum Gasteiger partial charge on any atom is -0.467 e. The standard InChI is InChI=1S/C14H16FNO3/c1-3-12(14(18)19-2)16-13(17)9-6-10-4-7-11(15)8-5-10/h4-9,12H,3H2,1-2H3,(H,16,17)/b9-6+. The Morgan fingerprint density at radius 3 is 2.53 bits per heavy atom. The number of hydrogen-bond acceptors (Lipinski definition) is 3. The Hall–Kier alpha value is -2.17. The molecule has 0 aliphatic rings. The van der Waals surface area contributed by atoms with E-state index in [0.29, 0.717) is 12.0 Å². The zero-order chi connectivity index (χ0) is 14.3. The molecule has 1 rings (SSSR count). The molecule has 0 aliphatic carbocycles. The van der Waals surface area contributed by atoms with Crippen molar-refractivity contribution >= 4 is 18.0 Å². The van der Waals surface area contributed by atoms with Gasteiger partial charge in [-0.2, -0.15) is 0 Å². The molecular formula is C14H16FNO3. The van der Waals surface area contributed by atoms with Crippen LogP contribution in [0.1, 0.15) is 18.9 Å². The average molecular weight is 265 g/mol. The van der Waals surface area contributed by atoms with Crippen molar-refractivity contribution in [3.8, 4) is 0 Å². The van der Waals surface area contributed by atoms with Gasteiger partial charge in [-0.1, -0.05) is 19.1 Å². The number of ether oxygens (including phenoxy) is 1. The topological polar surface area (TPSA) is 55.4 Å². The molecule has 0 aliphatic heterocycles. The molecule has 102 valence electrons. The Morgan fingerprint density at radius 1 is 1.37 bits per heavy atom. The molecule has 4 nitrogen and oxygen atoms in total. The Labute approximate surface area is 111 Å². The monoisotopic (exact) mass is 265 g/mol. The zero-order valence-corrected chi connectivity index (χ0v) is 10.9. The van der Waals surface area contributed by atoms with E-state index in [0.717, 1.165) is 0 Å². The Bertz CT molecular complexity index is 468. The first-order valence-corrected chi connectivity index (χ1v) is 5.88. The van der Waals surface area contributed by atoms with E-state index in [9.17, 15) is 14.0 Å². The van der Waals surface area contributed by atoms with E-state index >= 15 is 0 Å². The number of amides is 1. The van der Waals surface area contributed by atoms with Crippen LogP contribution in [0.15, 0.2) is 30.3 Å². The molecule has 19 heavy (non-hydrogen) atoms. The third-order valence-electron chi connectivity index (χ3n) is 2.51. The summed E-state index contributed by atoms with van der Waals surface area (Å²) in [5, 5.41) is 2.52. The van der Waals surface area contributed by atoms with E-state index in [4.69, 9.17) is 0 Å². The number of esters is 1. The van der Waals surface area contributed by atoms with Crippen LogP contribution in [0.4, 0.5) is 4.39 Å². The smallest absolute Gasteiger partial charge is 0.328 e. The van der Waals surface area contributed by atoms with Crippen LogP contribution >= 0.6 is 0 Å². The highest BCUT2D eigenvalue weighted by Crippen LogP contribution is 2.04. The van der Waals surface area contributed by atoms with Crippen LogP contribution in [0.2, 0.25) is 0 Å². The third-order valence-corrected chi connectivity index (χ3v) is 2.51. The highest BCUT2D eigenvalue weighted by atomic mass is 19.1. The average Bonchev–Trinajstić information content (AvgIpc) is 2.43. The molecule has 0 saturated carbocycles. The lowest BCUT2D eigenvalue weighted by atomic mass is 10.2. The summed E-state index contributed by atoms with van der Waals surface area (Å²) in [4.78, 5) is 22.9. The summed E-state index contributed by atoms with van der Waals surface area (Å²) in [6, 6.07) is 5.06. The molecule has 0 bridgehead atoms. The molecule has 0 heterocycles. The Balaban J connectivity index is 2.59. The number of hydrogen-bond donors (Lipinski definition) is 1. The van der Waals surface area contributed by atoms with Crippen LogP contribution in [0, 0.1) is 5.82 Å². The van der Waals surface area contributed by atoms with Gasteiger partial charge in [0, 0.05) is 6.08 Å². The fraction of sp³-hybridized carbons (Fsp3) is 0.286. The van der Waals surface area contributed by atoms with Gasteiger partial charge >= 0.3 is 5.97 Å². The number of methoxy groups -OCH3 is 1. The van der Waals surface area contributed by atoms with Crippen molar-refractivity contribution in [3.63, 3.8) is 0 Å². The van der Waals surface area contributed by atoms with Gasteiger partial charge < -0.3 is 10.1 Å².